The van der Waals surface area contributed by atoms with Crippen LogP contribution in [0.5, 0.6) is 0 Å². The first-order valence-corrected chi connectivity index (χ1v) is 18.5. The number of rotatable bonds is 12. The number of amides is 2. The van der Waals surface area contributed by atoms with E-state index in [1.165, 1.54) is 4.90 Å². The Kier molecular flexibility index (Phi) is 10.8. The molecule has 0 radical (unpaired) electrons. The van der Waals surface area contributed by atoms with E-state index in [0.29, 0.717) is 48.4 Å². The minimum absolute atomic E-state index is 0. The number of pyridine rings is 1. The summed E-state index contributed by atoms with van der Waals surface area (Å²) in [5.41, 5.74) is 3.29. The van der Waals surface area contributed by atoms with Crippen LogP contribution in [-0.4, -0.2) is 81.2 Å². The molecular formula is C36H46N6O6S. The third-order valence-electron chi connectivity index (χ3n) is 9.69. The average molecular weight is 691 g/mol. The molecule has 262 valence electrons. The van der Waals surface area contributed by atoms with Gasteiger partial charge in [0.2, 0.25) is 10.0 Å². The zero-order chi connectivity index (χ0) is 34.4. The lowest BCUT2D eigenvalue weighted by atomic mass is 9.79. The van der Waals surface area contributed by atoms with Gasteiger partial charge in [-0.3, -0.25) is 4.79 Å². The molecule has 1 aromatic heterocycles. The first kappa shape index (κ1) is 34.4. The van der Waals surface area contributed by atoms with E-state index in [-0.39, 0.29) is 39.2 Å². The normalized spacial score (nSPS) is 18.5. The van der Waals surface area contributed by atoms with Crippen molar-refractivity contribution in [3.05, 3.63) is 83.6 Å². The van der Waals surface area contributed by atoms with E-state index >= 15 is 0 Å². The number of sulfonamides is 1. The highest BCUT2D eigenvalue weighted by atomic mass is 32.2. The largest absolute Gasteiger partial charge is 0.445 e. The Bertz CT molecular complexity index is 1750. The first-order valence-electron chi connectivity index (χ1n) is 16.9. The van der Waals surface area contributed by atoms with Crippen molar-refractivity contribution >= 4 is 44.9 Å². The van der Waals surface area contributed by atoms with Crippen LogP contribution >= 0.6 is 0 Å². The fraction of sp³-hybridized carbons (Fsp3) is 0.444. The Labute approximate surface area is 289 Å². The van der Waals surface area contributed by atoms with E-state index in [0.717, 1.165) is 43.4 Å². The molecular weight excluding hydrogens is 644 g/mol. The molecule has 0 bridgehead atoms. The van der Waals surface area contributed by atoms with Crippen molar-refractivity contribution in [1.82, 2.24) is 14.6 Å². The van der Waals surface area contributed by atoms with Gasteiger partial charge in [0.15, 0.2) is 0 Å². The van der Waals surface area contributed by atoms with Crippen molar-refractivity contribution in [2.75, 3.05) is 50.1 Å². The molecule has 3 heterocycles. The number of methoxy groups -OCH3 is 1. The minimum Gasteiger partial charge on any atom is -0.445 e. The van der Waals surface area contributed by atoms with Crippen LogP contribution in [0.4, 0.5) is 22.0 Å². The van der Waals surface area contributed by atoms with Gasteiger partial charge in [0.25, 0.3) is 5.91 Å². The number of ether oxygens (including phenoxy) is 2. The molecule has 2 saturated heterocycles. The van der Waals surface area contributed by atoms with Gasteiger partial charge in [0, 0.05) is 58.6 Å². The second-order valence-electron chi connectivity index (χ2n) is 13.0. The van der Waals surface area contributed by atoms with Gasteiger partial charge in [-0.25, -0.2) is 22.9 Å². The number of aromatic nitrogens is 1. The second kappa shape index (κ2) is 15.4. The van der Waals surface area contributed by atoms with Gasteiger partial charge in [-0.15, -0.1) is 0 Å². The van der Waals surface area contributed by atoms with E-state index in [4.69, 9.17) is 9.47 Å². The number of para-hydroxylation sites is 1. The third kappa shape index (κ3) is 8.22. The molecule has 12 nitrogen and oxygen atoms in total. The van der Waals surface area contributed by atoms with Gasteiger partial charge in [0.05, 0.1) is 16.5 Å². The number of piperidine rings is 1. The first-order chi connectivity index (χ1) is 23.7. The Morgan fingerprint density at radius 3 is 2.33 bits per heavy atom. The quantitative estimate of drug-likeness (QED) is 0.207. The predicted molar refractivity (Wildman–Crippen MR) is 190 cm³/mol. The van der Waals surface area contributed by atoms with Crippen molar-refractivity contribution < 1.29 is 28.9 Å². The summed E-state index contributed by atoms with van der Waals surface area (Å²) in [6.45, 7) is 2.25. The van der Waals surface area contributed by atoms with Crippen LogP contribution in [0, 0.1) is 17.2 Å². The SMILES string of the molecule is COCC1CCN(c2cc(C(=O)NS(=O)(=O)C3CCN(C(=O)OCc4ccccc4)C3)nc(Nc3ccccc3)c2C(=N)C2CCC2)CC1.[HH]. The van der Waals surface area contributed by atoms with Crippen LogP contribution in [0.3, 0.4) is 0 Å². The zero-order valence-corrected chi connectivity index (χ0v) is 28.6. The molecule has 1 atom stereocenters. The molecule has 0 spiro atoms. The fourth-order valence-corrected chi connectivity index (χ4v) is 7.93. The molecule has 1 saturated carbocycles. The highest BCUT2D eigenvalue weighted by Gasteiger charge is 2.38. The van der Waals surface area contributed by atoms with Crippen molar-refractivity contribution in [2.45, 2.75) is 50.4 Å². The molecule has 6 rings (SSSR count). The third-order valence-corrected chi connectivity index (χ3v) is 11.4. The monoisotopic (exact) mass is 690 g/mol. The summed E-state index contributed by atoms with van der Waals surface area (Å²) in [6, 6.07) is 20.3. The van der Waals surface area contributed by atoms with Gasteiger partial charge in [0.1, 0.15) is 18.1 Å². The summed E-state index contributed by atoms with van der Waals surface area (Å²) in [5, 5.41) is 11.6. The molecule has 3 aromatic rings. The Balaban J connectivity index is 0.00000486. The topological polar surface area (TPSA) is 154 Å². The molecule has 49 heavy (non-hydrogen) atoms. The van der Waals surface area contributed by atoms with E-state index in [1.54, 1.807) is 13.2 Å². The number of hydrogen-bond acceptors (Lipinski definition) is 10. The number of nitrogens with one attached hydrogen (secondary N) is 3. The lowest BCUT2D eigenvalue weighted by Crippen LogP contribution is -2.41. The summed E-state index contributed by atoms with van der Waals surface area (Å²) >= 11 is 0. The number of carbonyl (C=O) groups is 2. The predicted octanol–water partition coefficient (Wildman–Crippen LogP) is 5.57. The smallest absolute Gasteiger partial charge is 0.410 e. The Morgan fingerprint density at radius 1 is 0.980 bits per heavy atom. The van der Waals surface area contributed by atoms with E-state index < -0.39 is 27.3 Å². The van der Waals surface area contributed by atoms with Crippen LogP contribution < -0.4 is 14.9 Å². The molecule has 3 aliphatic rings. The maximum Gasteiger partial charge on any atom is 0.410 e. The molecule has 2 aliphatic heterocycles. The molecule has 1 aliphatic carbocycles. The Morgan fingerprint density at radius 2 is 1.67 bits per heavy atom. The van der Waals surface area contributed by atoms with Gasteiger partial charge in [-0.2, -0.15) is 0 Å². The van der Waals surface area contributed by atoms with Crippen LogP contribution in [0.15, 0.2) is 66.7 Å². The number of hydrogen-bond donors (Lipinski definition) is 3. The van der Waals surface area contributed by atoms with E-state index in [9.17, 15) is 23.4 Å². The van der Waals surface area contributed by atoms with Crippen LogP contribution in [0.25, 0.3) is 0 Å². The molecule has 13 heteroatoms. The minimum atomic E-state index is -4.18. The number of nitrogens with zero attached hydrogens (tertiary/aromatic N) is 3. The standard InChI is InChI=1S/C36H44N6O6S.H2/c1-47-23-26-15-18-41(19-16-26)31-21-30(39-34(38-28-13-6-3-7-14-28)32(31)33(37)27-11-8-12-27)35(43)40-49(45,46)29-17-20-42(22-29)36(44)48-24-25-9-4-2-5-10-25;/h2-7,9-10,13-14,21,26-27,29,37H,8,11-12,15-20,22-24H2,1H3,(H,38,39)(H,40,43);1H. The zero-order valence-electron chi connectivity index (χ0n) is 27.8. The van der Waals surface area contributed by atoms with Gasteiger partial charge < -0.3 is 30.0 Å². The number of benzene rings is 2. The van der Waals surface area contributed by atoms with Gasteiger partial charge in [-0.05, 0) is 61.8 Å². The van der Waals surface area contributed by atoms with Crippen molar-refractivity contribution in [2.24, 2.45) is 11.8 Å². The van der Waals surface area contributed by atoms with Gasteiger partial charge in [-0.1, -0.05) is 55.0 Å². The van der Waals surface area contributed by atoms with E-state index in [2.05, 4.69) is 19.9 Å². The fourth-order valence-electron chi connectivity index (χ4n) is 6.61. The lowest BCUT2D eigenvalue weighted by molar-refractivity contribution is 0.0976. The number of likely N-dealkylation sites (tertiary alicyclic amines) is 1. The van der Waals surface area contributed by atoms with Crippen LogP contribution in [0.1, 0.15) is 61.6 Å². The van der Waals surface area contributed by atoms with Crippen LogP contribution in [0.2, 0.25) is 0 Å². The average Bonchev–Trinajstić information content (AvgIpc) is 3.59. The van der Waals surface area contributed by atoms with Gasteiger partial charge >= 0.3 is 6.09 Å². The summed E-state index contributed by atoms with van der Waals surface area (Å²) < 4.78 is 40.1. The number of carbonyl (C=O) groups excluding carboxylic acids is 2. The van der Waals surface area contributed by atoms with Crippen molar-refractivity contribution in [3.8, 4) is 0 Å². The Hall–Kier alpha value is -4.49. The highest BCUT2D eigenvalue weighted by molar-refractivity contribution is 7.90. The molecule has 2 aromatic carbocycles. The molecule has 3 N–H and O–H groups in total. The van der Waals surface area contributed by atoms with Crippen LogP contribution in [-0.2, 0) is 26.1 Å². The van der Waals surface area contributed by atoms with Crippen molar-refractivity contribution in [1.29, 1.82) is 5.41 Å². The maximum absolute atomic E-state index is 13.8. The highest BCUT2D eigenvalue weighted by Crippen LogP contribution is 2.38. The van der Waals surface area contributed by atoms with Crippen molar-refractivity contribution in [3.63, 3.8) is 0 Å². The summed E-state index contributed by atoms with van der Waals surface area (Å²) in [4.78, 5) is 34.7. The molecule has 1 unspecified atom stereocenters. The van der Waals surface area contributed by atoms with E-state index in [1.807, 2.05) is 60.7 Å². The summed E-state index contributed by atoms with van der Waals surface area (Å²) in [6.07, 6.45) is 4.22. The summed E-state index contributed by atoms with van der Waals surface area (Å²) in [7, 11) is -2.47. The molecule has 2 amide bonds. The molecule has 3 fully saturated rings. The maximum atomic E-state index is 13.8. The number of anilines is 3. The lowest BCUT2D eigenvalue weighted by Gasteiger charge is -2.36. The summed E-state index contributed by atoms with van der Waals surface area (Å²) in [5.74, 6) is -0.0180. The second-order valence-corrected chi connectivity index (χ2v) is 15.0.